The topological polar surface area (TPSA) is 38.3 Å². The SMILES string of the molecule is O=C(CC1CNCCO1)C1CCCCCC1. The molecule has 0 aromatic rings. The molecule has 1 atom stereocenters. The molecule has 3 nitrogen and oxygen atoms in total. The van der Waals surface area contributed by atoms with Crippen LogP contribution >= 0.6 is 0 Å². The fourth-order valence-corrected chi connectivity index (χ4v) is 2.74. The van der Waals surface area contributed by atoms with Crippen LogP contribution in [0, 0.1) is 5.92 Å². The van der Waals surface area contributed by atoms with Crippen molar-refractivity contribution in [2.45, 2.75) is 51.0 Å². The molecular weight excluding hydrogens is 202 g/mol. The number of nitrogens with one attached hydrogen (secondary N) is 1. The van der Waals surface area contributed by atoms with Crippen molar-refractivity contribution in [2.75, 3.05) is 19.7 Å². The average molecular weight is 225 g/mol. The lowest BCUT2D eigenvalue weighted by Gasteiger charge is -2.24. The van der Waals surface area contributed by atoms with Crippen molar-refractivity contribution in [3.05, 3.63) is 0 Å². The summed E-state index contributed by atoms with van der Waals surface area (Å²) in [7, 11) is 0. The number of Topliss-reactive ketones (excluding diaryl/α,β-unsaturated/α-hetero) is 1. The molecule has 1 aliphatic carbocycles. The smallest absolute Gasteiger partial charge is 0.138 e. The first-order valence-electron chi connectivity index (χ1n) is 6.71. The van der Waals surface area contributed by atoms with Gasteiger partial charge in [-0.25, -0.2) is 0 Å². The van der Waals surface area contributed by atoms with Gasteiger partial charge in [-0.1, -0.05) is 25.7 Å². The van der Waals surface area contributed by atoms with E-state index in [1.807, 2.05) is 0 Å². The molecule has 92 valence electrons. The predicted octanol–water partition coefficient (Wildman–Crippen LogP) is 1.90. The third-order valence-electron chi connectivity index (χ3n) is 3.74. The van der Waals surface area contributed by atoms with E-state index in [1.54, 1.807) is 0 Å². The zero-order valence-electron chi connectivity index (χ0n) is 10.0. The van der Waals surface area contributed by atoms with Crippen LogP contribution in [0.2, 0.25) is 0 Å². The summed E-state index contributed by atoms with van der Waals surface area (Å²) in [6.07, 6.45) is 8.07. The van der Waals surface area contributed by atoms with Gasteiger partial charge >= 0.3 is 0 Å². The van der Waals surface area contributed by atoms with Crippen LogP contribution in [0.5, 0.6) is 0 Å². The molecule has 1 aliphatic heterocycles. The molecule has 1 saturated carbocycles. The molecule has 0 aromatic heterocycles. The summed E-state index contributed by atoms with van der Waals surface area (Å²) in [4.78, 5) is 12.1. The molecule has 2 aliphatic rings. The van der Waals surface area contributed by atoms with Crippen LogP contribution in [0.15, 0.2) is 0 Å². The van der Waals surface area contributed by atoms with Crippen molar-refractivity contribution in [1.82, 2.24) is 5.32 Å². The van der Waals surface area contributed by atoms with Gasteiger partial charge in [0.05, 0.1) is 12.7 Å². The zero-order valence-corrected chi connectivity index (χ0v) is 10.0. The maximum atomic E-state index is 12.1. The van der Waals surface area contributed by atoms with E-state index in [4.69, 9.17) is 4.74 Å². The van der Waals surface area contributed by atoms with Crippen LogP contribution in [0.1, 0.15) is 44.9 Å². The molecule has 0 aromatic carbocycles. The number of rotatable bonds is 3. The van der Waals surface area contributed by atoms with E-state index in [1.165, 1.54) is 25.7 Å². The fraction of sp³-hybridized carbons (Fsp3) is 0.923. The normalized spacial score (nSPS) is 28.6. The Morgan fingerprint density at radius 2 is 1.94 bits per heavy atom. The summed E-state index contributed by atoms with van der Waals surface area (Å²) < 4.78 is 5.59. The third-order valence-corrected chi connectivity index (χ3v) is 3.74. The van der Waals surface area contributed by atoms with Crippen LogP contribution in [0.3, 0.4) is 0 Å². The van der Waals surface area contributed by atoms with Crippen molar-refractivity contribution < 1.29 is 9.53 Å². The molecule has 2 fully saturated rings. The Balaban J connectivity index is 1.76. The van der Waals surface area contributed by atoms with Gasteiger partial charge in [-0.2, -0.15) is 0 Å². The van der Waals surface area contributed by atoms with Gasteiger partial charge in [0.2, 0.25) is 0 Å². The minimum atomic E-state index is 0.129. The predicted molar refractivity (Wildman–Crippen MR) is 63.4 cm³/mol. The highest BCUT2D eigenvalue weighted by Crippen LogP contribution is 2.25. The summed E-state index contributed by atoms with van der Waals surface area (Å²) in [6, 6.07) is 0. The average Bonchev–Trinajstić information content (AvgIpc) is 2.59. The molecular formula is C13H23NO2. The lowest BCUT2D eigenvalue weighted by atomic mass is 9.92. The zero-order chi connectivity index (χ0) is 11.2. The van der Waals surface area contributed by atoms with Crippen molar-refractivity contribution >= 4 is 5.78 Å². The first kappa shape index (κ1) is 12.1. The Hall–Kier alpha value is -0.410. The van der Waals surface area contributed by atoms with Gasteiger partial charge in [-0.3, -0.25) is 4.79 Å². The molecule has 0 bridgehead atoms. The highest BCUT2D eigenvalue weighted by atomic mass is 16.5. The molecule has 1 unspecified atom stereocenters. The van der Waals surface area contributed by atoms with Gasteiger partial charge in [0.15, 0.2) is 0 Å². The Labute approximate surface area is 97.9 Å². The Morgan fingerprint density at radius 3 is 2.56 bits per heavy atom. The molecule has 1 N–H and O–H groups in total. The summed E-state index contributed by atoms with van der Waals surface area (Å²) in [5.41, 5.74) is 0. The number of morpholine rings is 1. The number of carbonyl (C=O) groups is 1. The van der Waals surface area contributed by atoms with Crippen LogP contribution < -0.4 is 5.32 Å². The van der Waals surface area contributed by atoms with E-state index >= 15 is 0 Å². The van der Waals surface area contributed by atoms with Crippen LogP contribution in [0.4, 0.5) is 0 Å². The van der Waals surface area contributed by atoms with Crippen molar-refractivity contribution in [2.24, 2.45) is 5.92 Å². The van der Waals surface area contributed by atoms with E-state index < -0.39 is 0 Å². The van der Waals surface area contributed by atoms with Gasteiger partial charge in [0.1, 0.15) is 5.78 Å². The number of hydrogen-bond acceptors (Lipinski definition) is 3. The van der Waals surface area contributed by atoms with E-state index in [0.29, 0.717) is 18.1 Å². The number of hydrogen-bond donors (Lipinski definition) is 1. The van der Waals surface area contributed by atoms with E-state index in [0.717, 1.165) is 32.5 Å². The van der Waals surface area contributed by atoms with Gasteiger partial charge in [-0.15, -0.1) is 0 Å². The van der Waals surface area contributed by atoms with E-state index in [-0.39, 0.29) is 6.10 Å². The molecule has 0 spiro atoms. The maximum Gasteiger partial charge on any atom is 0.138 e. The van der Waals surface area contributed by atoms with Crippen molar-refractivity contribution in [3.8, 4) is 0 Å². The Kier molecular flexibility index (Phi) is 4.79. The molecule has 2 rings (SSSR count). The Bertz CT molecular complexity index is 216. The molecule has 16 heavy (non-hydrogen) atoms. The summed E-state index contributed by atoms with van der Waals surface area (Å²) in [5.74, 6) is 0.767. The number of ether oxygens (including phenoxy) is 1. The molecule has 3 heteroatoms. The summed E-state index contributed by atoms with van der Waals surface area (Å²) in [5, 5.41) is 3.28. The van der Waals surface area contributed by atoms with Crippen molar-refractivity contribution in [3.63, 3.8) is 0 Å². The first-order chi connectivity index (χ1) is 7.86. The van der Waals surface area contributed by atoms with E-state index in [9.17, 15) is 4.79 Å². The molecule has 0 radical (unpaired) electrons. The Morgan fingerprint density at radius 1 is 1.19 bits per heavy atom. The third kappa shape index (κ3) is 3.56. The fourth-order valence-electron chi connectivity index (χ4n) is 2.74. The number of carbonyl (C=O) groups excluding carboxylic acids is 1. The second-order valence-corrected chi connectivity index (χ2v) is 5.06. The maximum absolute atomic E-state index is 12.1. The van der Waals surface area contributed by atoms with Crippen LogP contribution in [-0.4, -0.2) is 31.6 Å². The monoisotopic (exact) mass is 225 g/mol. The standard InChI is InChI=1S/C13H23NO2/c15-13(9-12-10-14-7-8-16-12)11-5-3-1-2-4-6-11/h11-12,14H,1-10H2. The second-order valence-electron chi connectivity index (χ2n) is 5.06. The van der Waals surface area contributed by atoms with Crippen LogP contribution in [0.25, 0.3) is 0 Å². The minimum Gasteiger partial charge on any atom is -0.375 e. The lowest BCUT2D eigenvalue weighted by molar-refractivity contribution is -0.126. The van der Waals surface area contributed by atoms with Gasteiger partial charge in [0, 0.05) is 25.4 Å². The molecule has 1 saturated heterocycles. The van der Waals surface area contributed by atoms with E-state index in [2.05, 4.69) is 5.32 Å². The van der Waals surface area contributed by atoms with Gasteiger partial charge in [-0.05, 0) is 12.8 Å². The summed E-state index contributed by atoms with van der Waals surface area (Å²) >= 11 is 0. The van der Waals surface area contributed by atoms with Crippen LogP contribution in [-0.2, 0) is 9.53 Å². The number of ketones is 1. The molecule has 0 amide bonds. The largest absolute Gasteiger partial charge is 0.375 e. The highest BCUT2D eigenvalue weighted by molar-refractivity contribution is 5.81. The van der Waals surface area contributed by atoms with Gasteiger partial charge in [0.25, 0.3) is 0 Å². The minimum absolute atomic E-state index is 0.129. The summed E-state index contributed by atoms with van der Waals surface area (Å²) in [6.45, 7) is 2.52. The quantitative estimate of drug-likeness (QED) is 0.746. The lowest BCUT2D eigenvalue weighted by Crippen LogP contribution is -2.40. The molecule has 1 heterocycles. The van der Waals surface area contributed by atoms with Crippen molar-refractivity contribution in [1.29, 1.82) is 0 Å². The second kappa shape index (κ2) is 6.36. The van der Waals surface area contributed by atoms with Gasteiger partial charge < -0.3 is 10.1 Å². The highest BCUT2D eigenvalue weighted by Gasteiger charge is 2.24. The first-order valence-corrected chi connectivity index (χ1v) is 6.71.